The van der Waals surface area contributed by atoms with Gasteiger partial charge in [0.25, 0.3) is 10.0 Å². The lowest BCUT2D eigenvalue weighted by atomic mass is 10.3. The second-order valence-corrected chi connectivity index (χ2v) is 6.72. The molecule has 8 nitrogen and oxygen atoms in total. The van der Waals surface area contributed by atoms with Gasteiger partial charge in [0, 0.05) is 5.02 Å². The Hall–Kier alpha value is -2.39. The molecule has 0 radical (unpaired) electrons. The van der Waals surface area contributed by atoms with Crippen molar-refractivity contribution in [1.29, 1.82) is 0 Å². The number of nitrogens with zero attached hydrogens (tertiary/aromatic N) is 4. The summed E-state index contributed by atoms with van der Waals surface area (Å²) in [7, 11) is -2.54. The number of anilines is 1. The molecule has 1 aromatic carbocycles. The predicted octanol–water partition coefficient (Wildman–Crippen LogP) is 1.90. The molecule has 0 saturated heterocycles. The number of methoxy groups -OCH3 is 1. The minimum Gasteiger partial charge on any atom is -0.495 e. The molecule has 120 valence electrons. The highest BCUT2D eigenvalue weighted by Crippen LogP contribution is 2.28. The first-order valence-electron chi connectivity index (χ1n) is 6.46. The van der Waals surface area contributed by atoms with Crippen molar-refractivity contribution in [1.82, 2.24) is 19.8 Å². The second-order valence-electron chi connectivity index (χ2n) is 4.64. The van der Waals surface area contributed by atoms with Gasteiger partial charge in [-0.25, -0.2) is 8.42 Å². The Morgan fingerprint density at radius 1 is 1.22 bits per heavy atom. The Morgan fingerprint density at radius 2 is 2.00 bits per heavy atom. The second kappa shape index (κ2) is 5.67. The van der Waals surface area contributed by atoms with Crippen LogP contribution in [0.1, 0.15) is 5.82 Å². The van der Waals surface area contributed by atoms with Crippen LogP contribution in [0, 0.1) is 6.92 Å². The first-order valence-corrected chi connectivity index (χ1v) is 8.32. The van der Waals surface area contributed by atoms with Crippen molar-refractivity contribution < 1.29 is 13.2 Å². The average molecular weight is 354 g/mol. The van der Waals surface area contributed by atoms with Crippen molar-refractivity contribution in [2.24, 2.45) is 0 Å². The third kappa shape index (κ3) is 2.92. The van der Waals surface area contributed by atoms with Crippen LogP contribution in [0.5, 0.6) is 5.75 Å². The van der Waals surface area contributed by atoms with Crippen LogP contribution in [0.15, 0.2) is 35.2 Å². The normalized spacial score (nSPS) is 11.6. The van der Waals surface area contributed by atoms with Gasteiger partial charge in [-0.15, -0.1) is 15.3 Å². The summed E-state index contributed by atoms with van der Waals surface area (Å²) in [4.78, 5) is -0.0742. The lowest BCUT2D eigenvalue weighted by Gasteiger charge is -2.11. The van der Waals surface area contributed by atoms with E-state index in [0.717, 1.165) is 0 Å². The van der Waals surface area contributed by atoms with E-state index in [1.54, 1.807) is 19.1 Å². The SMILES string of the molecule is COc1ccc(Cl)cc1S(=O)(=O)Nc1ccc2nnc(C)n2n1. The van der Waals surface area contributed by atoms with Crippen LogP contribution in [0.25, 0.3) is 5.65 Å². The molecule has 0 spiro atoms. The molecule has 0 atom stereocenters. The summed E-state index contributed by atoms with van der Waals surface area (Å²) in [5.74, 6) is 0.854. The molecule has 10 heteroatoms. The monoisotopic (exact) mass is 353 g/mol. The number of benzene rings is 1. The summed E-state index contributed by atoms with van der Waals surface area (Å²) in [5, 5.41) is 12.2. The van der Waals surface area contributed by atoms with E-state index >= 15 is 0 Å². The number of hydrogen-bond acceptors (Lipinski definition) is 6. The van der Waals surface area contributed by atoms with Crippen LogP contribution >= 0.6 is 11.6 Å². The fraction of sp³-hybridized carbons (Fsp3) is 0.154. The van der Waals surface area contributed by atoms with Gasteiger partial charge in [0.1, 0.15) is 10.6 Å². The van der Waals surface area contributed by atoms with Gasteiger partial charge in [-0.2, -0.15) is 4.52 Å². The maximum atomic E-state index is 12.6. The molecular weight excluding hydrogens is 342 g/mol. The molecule has 0 bridgehead atoms. The fourth-order valence-electron chi connectivity index (χ4n) is 2.00. The highest BCUT2D eigenvalue weighted by Gasteiger charge is 2.21. The predicted molar refractivity (Wildman–Crippen MR) is 84.3 cm³/mol. The van der Waals surface area contributed by atoms with E-state index in [9.17, 15) is 8.42 Å². The summed E-state index contributed by atoms with van der Waals surface area (Å²) < 4.78 is 34.0. The molecule has 2 heterocycles. The first-order chi connectivity index (χ1) is 10.9. The number of nitrogens with one attached hydrogen (secondary N) is 1. The van der Waals surface area contributed by atoms with Crippen molar-refractivity contribution in [3.8, 4) is 5.75 Å². The van der Waals surface area contributed by atoms with Gasteiger partial charge in [-0.3, -0.25) is 4.72 Å². The zero-order valence-corrected chi connectivity index (χ0v) is 13.8. The third-order valence-corrected chi connectivity index (χ3v) is 4.68. The summed E-state index contributed by atoms with van der Waals surface area (Å²) in [6.07, 6.45) is 0. The summed E-state index contributed by atoms with van der Waals surface area (Å²) in [6.45, 7) is 1.71. The number of rotatable bonds is 4. The van der Waals surface area contributed by atoms with Crippen LogP contribution < -0.4 is 9.46 Å². The summed E-state index contributed by atoms with van der Waals surface area (Å²) in [5.41, 5.74) is 0.519. The maximum absolute atomic E-state index is 12.6. The van der Waals surface area contributed by atoms with Gasteiger partial charge >= 0.3 is 0 Å². The third-order valence-electron chi connectivity index (χ3n) is 3.07. The van der Waals surface area contributed by atoms with Crippen molar-refractivity contribution in [2.45, 2.75) is 11.8 Å². The van der Waals surface area contributed by atoms with Crippen molar-refractivity contribution >= 4 is 33.1 Å². The number of aromatic nitrogens is 4. The summed E-state index contributed by atoms with van der Waals surface area (Å²) >= 11 is 5.88. The van der Waals surface area contributed by atoms with Gasteiger partial charge in [-0.05, 0) is 37.3 Å². The molecule has 0 aliphatic carbocycles. The lowest BCUT2D eigenvalue weighted by Crippen LogP contribution is -2.16. The molecule has 2 aromatic heterocycles. The molecule has 23 heavy (non-hydrogen) atoms. The lowest BCUT2D eigenvalue weighted by molar-refractivity contribution is 0.403. The molecule has 0 aliphatic rings. The van der Waals surface area contributed by atoms with Gasteiger partial charge in [0.15, 0.2) is 17.3 Å². The number of fused-ring (bicyclic) bond motifs is 1. The quantitative estimate of drug-likeness (QED) is 0.769. The topological polar surface area (TPSA) is 98.5 Å². The average Bonchev–Trinajstić information content (AvgIpc) is 2.88. The smallest absolute Gasteiger partial charge is 0.266 e. The Kier molecular flexibility index (Phi) is 3.82. The fourth-order valence-corrected chi connectivity index (χ4v) is 3.43. The molecular formula is C13H12ClN5O3S. The molecule has 0 unspecified atom stereocenters. The maximum Gasteiger partial charge on any atom is 0.266 e. The number of halogens is 1. The number of ether oxygens (including phenoxy) is 1. The number of sulfonamides is 1. The minimum absolute atomic E-state index is 0.0742. The molecule has 0 fully saturated rings. The molecule has 0 saturated carbocycles. The van der Waals surface area contributed by atoms with Crippen LogP contribution in [0.4, 0.5) is 5.82 Å². The molecule has 1 N–H and O–H groups in total. The Labute approximate surface area is 137 Å². The standard InChI is InChI=1S/C13H12ClN5O3S/c1-8-15-16-13-6-5-12(17-19(8)13)18-23(20,21)11-7-9(14)3-4-10(11)22-2/h3-7H,1-2H3,(H,17,18). The van der Waals surface area contributed by atoms with Crippen molar-refractivity contribution in [2.75, 3.05) is 11.8 Å². The van der Waals surface area contributed by atoms with Crippen LogP contribution in [-0.4, -0.2) is 35.3 Å². The van der Waals surface area contributed by atoms with Gasteiger partial charge in [-0.1, -0.05) is 11.6 Å². The Bertz CT molecular complexity index is 986. The van der Waals surface area contributed by atoms with Gasteiger partial charge in [0.2, 0.25) is 0 Å². The highest BCUT2D eigenvalue weighted by molar-refractivity contribution is 7.92. The van der Waals surface area contributed by atoms with E-state index in [1.165, 1.54) is 29.8 Å². The van der Waals surface area contributed by atoms with E-state index in [-0.39, 0.29) is 21.5 Å². The van der Waals surface area contributed by atoms with Gasteiger partial charge in [0.05, 0.1) is 7.11 Å². The van der Waals surface area contributed by atoms with E-state index in [1.807, 2.05) is 0 Å². The van der Waals surface area contributed by atoms with Gasteiger partial charge < -0.3 is 4.74 Å². The van der Waals surface area contributed by atoms with E-state index in [4.69, 9.17) is 16.3 Å². The Morgan fingerprint density at radius 3 is 2.74 bits per heavy atom. The van der Waals surface area contributed by atoms with Crippen LogP contribution in [0.3, 0.4) is 0 Å². The number of hydrogen-bond donors (Lipinski definition) is 1. The highest BCUT2D eigenvalue weighted by atomic mass is 35.5. The minimum atomic E-state index is -3.92. The Balaban J connectivity index is 2.03. The molecule has 3 aromatic rings. The largest absolute Gasteiger partial charge is 0.495 e. The van der Waals surface area contributed by atoms with E-state index in [0.29, 0.717) is 11.5 Å². The van der Waals surface area contributed by atoms with Crippen LogP contribution in [-0.2, 0) is 10.0 Å². The number of aryl methyl sites for hydroxylation is 1. The molecule has 0 aliphatic heterocycles. The van der Waals surface area contributed by atoms with Crippen molar-refractivity contribution in [3.63, 3.8) is 0 Å². The van der Waals surface area contributed by atoms with E-state index < -0.39 is 10.0 Å². The van der Waals surface area contributed by atoms with Crippen molar-refractivity contribution in [3.05, 3.63) is 41.2 Å². The molecule has 0 amide bonds. The van der Waals surface area contributed by atoms with E-state index in [2.05, 4.69) is 20.0 Å². The molecule has 3 rings (SSSR count). The first kappa shape index (κ1) is 15.5. The van der Waals surface area contributed by atoms with Crippen LogP contribution in [0.2, 0.25) is 5.02 Å². The summed E-state index contributed by atoms with van der Waals surface area (Å²) in [6, 6.07) is 7.45. The zero-order valence-electron chi connectivity index (χ0n) is 12.2. The zero-order chi connectivity index (χ0) is 16.6.